The maximum atomic E-state index is 14.1. The molecule has 0 aromatic heterocycles. The largest absolute Gasteiger partial charge is 0.311 e. The topological polar surface area (TPSA) is 15.3 Å². The molecular weight excluding hydrogens is 375 g/mol. The first kappa shape index (κ1) is 21.4. The Bertz CT molecular complexity index is 620. The summed E-state index contributed by atoms with van der Waals surface area (Å²) in [7, 11) is 0. The van der Waals surface area contributed by atoms with Gasteiger partial charge in [-0.2, -0.15) is 0 Å². The summed E-state index contributed by atoms with van der Waals surface area (Å²) in [5, 5.41) is 3.33. The van der Waals surface area contributed by atoms with Crippen molar-refractivity contribution in [3.63, 3.8) is 0 Å². The molecule has 3 atom stereocenters. The fourth-order valence-electron chi connectivity index (χ4n) is 4.01. The lowest BCUT2D eigenvalue weighted by Crippen LogP contribution is -2.58. The van der Waals surface area contributed by atoms with E-state index < -0.39 is 23.7 Å². The minimum Gasteiger partial charge on any atom is -0.311 e. The Morgan fingerprint density at radius 2 is 1.85 bits per heavy atom. The molecule has 0 radical (unpaired) electrons. The molecule has 1 aromatic carbocycles. The molecule has 1 unspecified atom stereocenters. The number of nitrogens with zero attached hydrogens (tertiary/aromatic N) is 1. The van der Waals surface area contributed by atoms with Crippen molar-refractivity contribution >= 4 is 12.4 Å². The van der Waals surface area contributed by atoms with Gasteiger partial charge in [-0.3, -0.25) is 4.90 Å². The second-order valence-electron chi connectivity index (χ2n) is 7.41. The summed E-state index contributed by atoms with van der Waals surface area (Å²) in [4.78, 5) is 2.11. The van der Waals surface area contributed by atoms with Gasteiger partial charge in [0.05, 0.1) is 5.56 Å². The van der Waals surface area contributed by atoms with E-state index in [-0.39, 0.29) is 49.3 Å². The predicted octanol–water partition coefficient (Wildman–Crippen LogP) is 4.95. The van der Waals surface area contributed by atoms with Crippen molar-refractivity contribution in [3.05, 3.63) is 35.1 Å². The van der Waals surface area contributed by atoms with E-state index >= 15 is 0 Å². The van der Waals surface area contributed by atoms with E-state index in [1.54, 1.807) is 0 Å². The van der Waals surface area contributed by atoms with Crippen LogP contribution >= 0.6 is 12.4 Å². The normalized spacial score (nSPS) is 27.7. The zero-order valence-electron chi connectivity index (χ0n) is 14.7. The maximum absolute atomic E-state index is 14.1. The Hall–Kier alpha value is -0.920. The van der Waals surface area contributed by atoms with Crippen molar-refractivity contribution in [1.29, 1.82) is 0 Å². The Kier molecular flexibility index (Phi) is 6.57. The van der Waals surface area contributed by atoms with Gasteiger partial charge in [0.15, 0.2) is 0 Å². The monoisotopic (exact) mass is 398 g/mol. The number of alkyl halides is 4. The predicted molar refractivity (Wildman–Crippen MR) is 92.6 cm³/mol. The number of hydrogen-bond donors (Lipinski definition) is 1. The number of halogens is 6. The van der Waals surface area contributed by atoms with Crippen molar-refractivity contribution in [3.8, 4) is 0 Å². The van der Waals surface area contributed by atoms with Gasteiger partial charge in [0, 0.05) is 44.1 Å². The summed E-state index contributed by atoms with van der Waals surface area (Å²) in [5.41, 5.74) is -0.147. The van der Waals surface area contributed by atoms with E-state index in [4.69, 9.17) is 0 Å². The van der Waals surface area contributed by atoms with Crippen molar-refractivity contribution in [2.75, 3.05) is 13.1 Å². The average molecular weight is 399 g/mol. The summed E-state index contributed by atoms with van der Waals surface area (Å²) < 4.78 is 66.6. The van der Waals surface area contributed by atoms with E-state index in [9.17, 15) is 22.0 Å². The molecule has 1 aromatic rings. The standard InChI is InChI=1S/C18H23F5N2.ClH/c1-10-9-25(11(2)8-24-10)16(13-6-18(22,23)7-13)12-3-4-14(17(20)21)15(19)5-12;/h3-5,10-11,13,16-17,24H,6-9H2,1-2H3;1H/t10-,11+,16?;/m0./s1. The van der Waals surface area contributed by atoms with Gasteiger partial charge in [-0.15, -0.1) is 12.4 Å². The first-order chi connectivity index (χ1) is 11.7. The molecule has 0 amide bonds. The van der Waals surface area contributed by atoms with Crippen LogP contribution in [-0.4, -0.2) is 36.0 Å². The van der Waals surface area contributed by atoms with Gasteiger partial charge >= 0.3 is 0 Å². The van der Waals surface area contributed by atoms with Crippen molar-refractivity contribution in [2.45, 2.75) is 57.2 Å². The van der Waals surface area contributed by atoms with Gasteiger partial charge in [-0.25, -0.2) is 22.0 Å². The van der Waals surface area contributed by atoms with Gasteiger partial charge in [-0.05, 0) is 31.4 Å². The third-order valence-electron chi connectivity index (χ3n) is 5.34. The van der Waals surface area contributed by atoms with Crippen LogP contribution in [0, 0.1) is 11.7 Å². The van der Waals surface area contributed by atoms with Crippen molar-refractivity contribution in [1.82, 2.24) is 10.2 Å². The van der Waals surface area contributed by atoms with E-state index in [1.165, 1.54) is 6.07 Å². The highest BCUT2D eigenvalue weighted by Crippen LogP contribution is 2.51. The van der Waals surface area contributed by atoms with Gasteiger partial charge in [0.2, 0.25) is 5.92 Å². The Morgan fingerprint density at radius 1 is 1.19 bits per heavy atom. The second-order valence-corrected chi connectivity index (χ2v) is 7.41. The summed E-state index contributed by atoms with van der Waals surface area (Å²) in [6, 6.07) is 3.53. The Morgan fingerprint density at radius 3 is 2.38 bits per heavy atom. The third kappa shape index (κ3) is 4.31. The molecule has 148 valence electrons. The molecule has 3 rings (SSSR count). The molecule has 1 saturated carbocycles. The molecule has 2 nitrogen and oxygen atoms in total. The summed E-state index contributed by atoms with van der Waals surface area (Å²) >= 11 is 0. The van der Waals surface area contributed by atoms with Crippen LogP contribution in [0.1, 0.15) is 50.3 Å². The molecule has 2 aliphatic rings. The quantitative estimate of drug-likeness (QED) is 0.722. The van der Waals surface area contributed by atoms with E-state index in [0.29, 0.717) is 18.7 Å². The SMILES string of the molecule is C[C@@H]1CN[C@@H](C)CN1C(c1ccc(C(F)F)c(F)c1)C1CC(F)(F)C1.Cl. The van der Waals surface area contributed by atoms with Crippen LogP contribution in [0.5, 0.6) is 0 Å². The molecule has 1 saturated heterocycles. The van der Waals surface area contributed by atoms with Gasteiger partial charge in [0.25, 0.3) is 6.43 Å². The molecule has 8 heteroatoms. The number of rotatable bonds is 4. The molecule has 2 fully saturated rings. The molecule has 26 heavy (non-hydrogen) atoms. The molecule has 0 spiro atoms. The number of piperazine rings is 1. The average Bonchev–Trinajstić information content (AvgIpc) is 2.49. The highest BCUT2D eigenvalue weighted by molar-refractivity contribution is 5.85. The van der Waals surface area contributed by atoms with Crippen molar-refractivity contribution in [2.24, 2.45) is 5.92 Å². The fraction of sp³-hybridized carbons (Fsp3) is 0.667. The first-order valence-electron chi connectivity index (χ1n) is 8.62. The van der Waals surface area contributed by atoms with Gasteiger partial charge in [0.1, 0.15) is 5.82 Å². The molecule has 1 aliphatic heterocycles. The number of hydrogen-bond acceptors (Lipinski definition) is 2. The van der Waals surface area contributed by atoms with Crippen LogP contribution in [0.4, 0.5) is 22.0 Å². The molecule has 0 bridgehead atoms. The molecule has 1 aliphatic carbocycles. The third-order valence-corrected chi connectivity index (χ3v) is 5.34. The lowest BCUT2D eigenvalue weighted by molar-refractivity contribution is -0.137. The van der Waals surface area contributed by atoms with Crippen LogP contribution < -0.4 is 5.32 Å². The van der Waals surface area contributed by atoms with Crippen molar-refractivity contribution < 1.29 is 22.0 Å². The molecular formula is C18H24ClF5N2. The minimum atomic E-state index is -2.89. The Labute approximate surface area is 156 Å². The van der Waals surface area contributed by atoms with Crippen LogP contribution in [0.25, 0.3) is 0 Å². The fourth-order valence-corrected chi connectivity index (χ4v) is 4.01. The Balaban J connectivity index is 0.00000243. The zero-order chi connectivity index (χ0) is 18.4. The number of benzene rings is 1. The van der Waals surface area contributed by atoms with E-state index in [0.717, 1.165) is 12.1 Å². The second kappa shape index (κ2) is 7.98. The minimum absolute atomic E-state index is 0. The lowest BCUT2D eigenvalue weighted by Gasteiger charge is -2.49. The smallest absolute Gasteiger partial charge is 0.266 e. The van der Waals surface area contributed by atoms with Gasteiger partial charge < -0.3 is 5.32 Å². The maximum Gasteiger partial charge on any atom is 0.266 e. The van der Waals surface area contributed by atoms with Crippen LogP contribution in [0.2, 0.25) is 0 Å². The van der Waals surface area contributed by atoms with Gasteiger partial charge in [-0.1, -0.05) is 12.1 Å². The summed E-state index contributed by atoms with van der Waals surface area (Å²) in [6.45, 7) is 5.35. The number of nitrogens with one attached hydrogen (secondary N) is 1. The summed E-state index contributed by atoms with van der Waals surface area (Å²) in [5.74, 6) is -3.97. The van der Waals surface area contributed by atoms with Crippen LogP contribution in [-0.2, 0) is 0 Å². The highest BCUT2D eigenvalue weighted by Gasteiger charge is 2.51. The van der Waals surface area contributed by atoms with Crippen LogP contribution in [0.15, 0.2) is 18.2 Å². The van der Waals surface area contributed by atoms with E-state index in [2.05, 4.69) is 10.2 Å². The highest BCUT2D eigenvalue weighted by atomic mass is 35.5. The molecule has 1 heterocycles. The van der Waals surface area contributed by atoms with Crippen LogP contribution in [0.3, 0.4) is 0 Å². The zero-order valence-corrected chi connectivity index (χ0v) is 15.5. The van der Waals surface area contributed by atoms with E-state index in [1.807, 2.05) is 13.8 Å². The lowest BCUT2D eigenvalue weighted by atomic mass is 9.73. The first-order valence-corrected chi connectivity index (χ1v) is 8.62. The summed E-state index contributed by atoms with van der Waals surface area (Å²) in [6.07, 6.45) is -3.39. The molecule has 1 N–H and O–H groups in total.